The molecule has 1 amide bonds. The summed E-state index contributed by atoms with van der Waals surface area (Å²) in [6.45, 7) is 1.81. The third-order valence-corrected chi connectivity index (χ3v) is 4.04. The van der Waals surface area contributed by atoms with E-state index in [-0.39, 0.29) is 17.9 Å². The standard InChI is InChI=1S/C17H21N3O5/c1-9(18-16(21)10-5-6-10)17-19-15(20-25-17)11-7-12(22-2)14(24-4)13(8-11)23-3/h7-10H,5-6H2,1-4H3,(H,18,21). The highest BCUT2D eigenvalue weighted by atomic mass is 16.5. The minimum absolute atomic E-state index is 0.0278. The molecule has 1 atom stereocenters. The number of hydrogen-bond donors (Lipinski definition) is 1. The number of amides is 1. The summed E-state index contributed by atoms with van der Waals surface area (Å²) >= 11 is 0. The van der Waals surface area contributed by atoms with Gasteiger partial charge < -0.3 is 24.1 Å². The third kappa shape index (κ3) is 3.52. The van der Waals surface area contributed by atoms with Crippen molar-refractivity contribution in [1.82, 2.24) is 15.5 Å². The molecule has 8 nitrogen and oxygen atoms in total. The molecule has 0 aliphatic heterocycles. The van der Waals surface area contributed by atoms with Crippen molar-refractivity contribution in [2.24, 2.45) is 5.92 Å². The van der Waals surface area contributed by atoms with Gasteiger partial charge in [-0.25, -0.2) is 0 Å². The SMILES string of the molecule is COc1cc(-c2noc(C(C)NC(=O)C3CC3)n2)cc(OC)c1OC. The van der Waals surface area contributed by atoms with Crippen LogP contribution >= 0.6 is 0 Å². The average Bonchev–Trinajstić information content (AvgIpc) is 3.37. The summed E-state index contributed by atoms with van der Waals surface area (Å²) in [4.78, 5) is 16.2. The number of carbonyl (C=O) groups is 1. The Morgan fingerprint density at radius 2 is 1.84 bits per heavy atom. The molecule has 8 heteroatoms. The van der Waals surface area contributed by atoms with Gasteiger partial charge in [0, 0.05) is 11.5 Å². The van der Waals surface area contributed by atoms with E-state index in [1.54, 1.807) is 12.1 Å². The van der Waals surface area contributed by atoms with Crippen molar-refractivity contribution in [3.05, 3.63) is 18.0 Å². The fourth-order valence-electron chi connectivity index (χ4n) is 2.48. The van der Waals surface area contributed by atoms with Crippen LogP contribution in [0.4, 0.5) is 0 Å². The molecule has 3 rings (SSSR count). The van der Waals surface area contributed by atoms with Gasteiger partial charge in [-0.05, 0) is 31.9 Å². The zero-order valence-corrected chi connectivity index (χ0v) is 14.7. The number of aromatic nitrogens is 2. The largest absolute Gasteiger partial charge is 0.493 e. The number of methoxy groups -OCH3 is 3. The van der Waals surface area contributed by atoms with Crippen LogP contribution in [0.5, 0.6) is 17.2 Å². The van der Waals surface area contributed by atoms with E-state index >= 15 is 0 Å². The van der Waals surface area contributed by atoms with Gasteiger partial charge in [-0.2, -0.15) is 4.98 Å². The predicted molar refractivity (Wildman–Crippen MR) is 88.7 cm³/mol. The zero-order chi connectivity index (χ0) is 18.0. The Hall–Kier alpha value is -2.77. The smallest absolute Gasteiger partial charge is 0.249 e. The summed E-state index contributed by atoms with van der Waals surface area (Å²) in [5.41, 5.74) is 0.658. The maximum Gasteiger partial charge on any atom is 0.249 e. The van der Waals surface area contributed by atoms with Crippen molar-refractivity contribution in [2.45, 2.75) is 25.8 Å². The maximum atomic E-state index is 11.9. The van der Waals surface area contributed by atoms with E-state index in [0.29, 0.717) is 34.5 Å². The molecule has 1 unspecified atom stereocenters. The van der Waals surface area contributed by atoms with Crippen molar-refractivity contribution >= 4 is 5.91 Å². The minimum atomic E-state index is -0.351. The van der Waals surface area contributed by atoms with Crippen LogP contribution in [0.3, 0.4) is 0 Å². The van der Waals surface area contributed by atoms with Crippen molar-refractivity contribution in [3.8, 4) is 28.6 Å². The summed E-state index contributed by atoms with van der Waals surface area (Å²) in [7, 11) is 4.62. The molecular formula is C17H21N3O5. The molecule has 0 saturated heterocycles. The molecule has 1 aliphatic carbocycles. The molecule has 0 bridgehead atoms. The molecule has 25 heavy (non-hydrogen) atoms. The van der Waals surface area contributed by atoms with Gasteiger partial charge in [-0.15, -0.1) is 0 Å². The molecule has 1 heterocycles. The van der Waals surface area contributed by atoms with Crippen LogP contribution in [-0.4, -0.2) is 37.4 Å². The van der Waals surface area contributed by atoms with Gasteiger partial charge in [0.05, 0.1) is 21.3 Å². The topological polar surface area (TPSA) is 95.7 Å². The molecule has 1 aliphatic rings. The van der Waals surface area contributed by atoms with Gasteiger partial charge in [0.2, 0.25) is 23.4 Å². The number of rotatable bonds is 7. The highest BCUT2D eigenvalue weighted by Crippen LogP contribution is 2.40. The molecule has 2 aromatic rings. The molecule has 1 saturated carbocycles. The van der Waals surface area contributed by atoms with Gasteiger partial charge in [-0.3, -0.25) is 4.79 Å². The van der Waals surface area contributed by atoms with Crippen molar-refractivity contribution in [1.29, 1.82) is 0 Å². The predicted octanol–water partition coefficient (Wildman–Crippen LogP) is 2.35. The fourth-order valence-corrected chi connectivity index (χ4v) is 2.48. The first-order valence-corrected chi connectivity index (χ1v) is 8.01. The summed E-state index contributed by atoms with van der Waals surface area (Å²) in [5, 5.41) is 6.87. The van der Waals surface area contributed by atoms with E-state index < -0.39 is 0 Å². The monoisotopic (exact) mass is 347 g/mol. The van der Waals surface area contributed by atoms with Crippen molar-refractivity contribution < 1.29 is 23.5 Å². The van der Waals surface area contributed by atoms with E-state index in [9.17, 15) is 4.79 Å². The first kappa shape index (κ1) is 17.1. The highest BCUT2D eigenvalue weighted by Gasteiger charge is 2.31. The summed E-state index contributed by atoms with van der Waals surface area (Å²) in [6.07, 6.45) is 1.89. The van der Waals surface area contributed by atoms with Crippen LogP contribution in [0.15, 0.2) is 16.7 Å². The van der Waals surface area contributed by atoms with Crippen LogP contribution in [0.1, 0.15) is 31.7 Å². The second-order valence-corrected chi connectivity index (χ2v) is 5.87. The molecule has 1 aromatic carbocycles. The van der Waals surface area contributed by atoms with Gasteiger partial charge in [0.15, 0.2) is 11.5 Å². The lowest BCUT2D eigenvalue weighted by atomic mass is 10.1. The molecule has 0 radical (unpaired) electrons. The van der Waals surface area contributed by atoms with E-state index in [0.717, 1.165) is 12.8 Å². The zero-order valence-electron chi connectivity index (χ0n) is 14.7. The van der Waals surface area contributed by atoms with Crippen LogP contribution in [-0.2, 0) is 4.79 Å². The van der Waals surface area contributed by atoms with Crippen LogP contribution in [0.2, 0.25) is 0 Å². The molecule has 1 fully saturated rings. The number of hydrogen-bond acceptors (Lipinski definition) is 7. The molecule has 1 N–H and O–H groups in total. The molecule has 1 aromatic heterocycles. The highest BCUT2D eigenvalue weighted by molar-refractivity contribution is 5.81. The van der Waals surface area contributed by atoms with Gasteiger partial charge in [0.1, 0.15) is 6.04 Å². The summed E-state index contributed by atoms with van der Waals surface area (Å²) < 4.78 is 21.3. The normalized spacial score (nSPS) is 14.7. The van der Waals surface area contributed by atoms with E-state index in [1.807, 2.05) is 6.92 Å². The van der Waals surface area contributed by atoms with Crippen molar-refractivity contribution in [3.63, 3.8) is 0 Å². The van der Waals surface area contributed by atoms with E-state index in [2.05, 4.69) is 15.5 Å². The third-order valence-electron chi connectivity index (χ3n) is 4.04. The average molecular weight is 347 g/mol. The van der Waals surface area contributed by atoms with Gasteiger partial charge >= 0.3 is 0 Å². The number of ether oxygens (including phenoxy) is 3. The lowest BCUT2D eigenvalue weighted by Gasteiger charge is -2.12. The van der Waals surface area contributed by atoms with Crippen LogP contribution < -0.4 is 19.5 Å². The second-order valence-electron chi connectivity index (χ2n) is 5.87. The van der Waals surface area contributed by atoms with E-state index in [1.165, 1.54) is 21.3 Å². The van der Waals surface area contributed by atoms with Gasteiger partial charge in [-0.1, -0.05) is 5.16 Å². The first-order chi connectivity index (χ1) is 12.1. The molecular weight excluding hydrogens is 326 g/mol. The van der Waals surface area contributed by atoms with E-state index in [4.69, 9.17) is 18.7 Å². The Labute approximate surface area is 145 Å². The summed E-state index contributed by atoms with van der Waals surface area (Å²) in [6, 6.07) is 3.13. The first-order valence-electron chi connectivity index (χ1n) is 8.01. The number of nitrogens with zero attached hydrogens (tertiary/aromatic N) is 2. The van der Waals surface area contributed by atoms with Crippen LogP contribution in [0, 0.1) is 5.92 Å². The Morgan fingerprint density at radius 3 is 2.36 bits per heavy atom. The fraction of sp³-hybridized carbons (Fsp3) is 0.471. The number of nitrogens with one attached hydrogen (secondary N) is 1. The van der Waals surface area contributed by atoms with Crippen LogP contribution in [0.25, 0.3) is 11.4 Å². The number of carbonyl (C=O) groups excluding carboxylic acids is 1. The lowest BCUT2D eigenvalue weighted by molar-refractivity contribution is -0.123. The Balaban J connectivity index is 1.84. The van der Waals surface area contributed by atoms with Crippen molar-refractivity contribution in [2.75, 3.05) is 21.3 Å². The Kier molecular flexibility index (Phi) is 4.78. The number of benzene rings is 1. The molecule has 0 spiro atoms. The minimum Gasteiger partial charge on any atom is -0.493 e. The second kappa shape index (κ2) is 7.00. The Bertz CT molecular complexity index is 744. The maximum absolute atomic E-state index is 11.9. The quantitative estimate of drug-likeness (QED) is 0.821. The Morgan fingerprint density at radius 1 is 1.20 bits per heavy atom. The summed E-state index contributed by atoms with van der Waals surface area (Å²) in [5.74, 6) is 2.36. The lowest BCUT2D eigenvalue weighted by Crippen LogP contribution is -2.28. The van der Waals surface area contributed by atoms with Gasteiger partial charge in [0.25, 0.3) is 0 Å². The molecule has 134 valence electrons.